The average Bonchev–Trinajstić information content (AvgIpc) is 2.05. The molecule has 0 unspecified atom stereocenters. The monoisotopic (exact) mass is 187 g/mol. The molecule has 12 heavy (non-hydrogen) atoms. The van der Waals surface area contributed by atoms with Crippen molar-refractivity contribution in [1.82, 2.24) is 9.97 Å². The number of ether oxygens (including phenoxy) is 1. The van der Waals surface area contributed by atoms with E-state index in [9.17, 15) is 0 Å². The van der Waals surface area contributed by atoms with Crippen molar-refractivity contribution in [2.45, 2.75) is 6.42 Å². The number of nitrogens with zero attached hydrogens (tertiary/aromatic N) is 2. The molecule has 5 heteroatoms. The third-order valence-electron chi connectivity index (χ3n) is 1.40. The van der Waals surface area contributed by atoms with Crippen LogP contribution in [0.25, 0.3) is 0 Å². The van der Waals surface area contributed by atoms with E-state index in [0.717, 1.165) is 5.69 Å². The second-order valence-corrected chi connectivity index (χ2v) is 2.53. The Kier molecular flexibility index (Phi) is 3.25. The van der Waals surface area contributed by atoms with E-state index in [1.54, 1.807) is 13.3 Å². The van der Waals surface area contributed by atoms with Crippen LogP contribution in [0.2, 0.25) is 5.28 Å². The summed E-state index contributed by atoms with van der Waals surface area (Å²) in [6.45, 7) is 0.518. The van der Waals surface area contributed by atoms with E-state index in [-0.39, 0.29) is 5.28 Å². The quantitative estimate of drug-likeness (QED) is 0.706. The third kappa shape index (κ3) is 2.06. The highest BCUT2D eigenvalue weighted by Gasteiger charge is 2.04. The molecule has 66 valence electrons. The highest BCUT2D eigenvalue weighted by molar-refractivity contribution is 6.28. The molecule has 1 aromatic rings. The van der Waals surface area contributed by atoms with Crippen molar-refractivity contribution in [3.63, 3.8) is 0 Å². The summed E-state index contributed by atoms with van der Waals surface area (Å²) < 4.78 is 5.01. The minimum atomic E-state index is 0.222. The van der Waals surface area contributed by atoms with Crippen LogP contribution < -0.4 is 10.5 Å². The van der Waals surface area contributed by atoms with Crippen molar-refractivity contribution in [1.29, 1.82) is 0 Å². The summed E-state index contributed by atoms with van der Waals surface area (Å²) in [4.78, 5) is 7.76. The Morgan fingerprint density at radius 1 is 1.67 bits per heavy atom. The van der Waals surface area contributed by atoms with Crippen LogP contribution in [0.5, 0.6) is 5.75 Å². The van der Waals surface area contributed by atoms with Crippen molar-refractivity contribution < 1.29 is 4.74 Å². The predicted molar refractivity (Wildman–Crippen MR) is 46.4 cm³/mol. The Morgan fingerprint density at radius 2 is 2.42 bits per heavy atom. The first-order valence-corrected chi connectivity index (χ1v) is 3.91. The van der Waals surface area contributed by atoms with E-state index in [1.807, 2.05) is 0 Å². The fraction of sp³-hybridized carbons (Fsp3) is 0.429. The summed E-state index contributed by atoms with van der Waals surface area (Å²) in [6.07, 6.45) is 2.19. The van der Waals surface area contributed by atoms with Crippen LogP contribution >= 0.6 is 11.6 Å². The van der Waals surface area contributed by atoms with E-state index in [4.69, 9.17) is 22.1 Å². The Labute approximate surface area is 75.7 Å². The number of aromatic nitrogens is 2. The van der Waals surface area contributed by atoms with Gasteiger partial charge in [-0.05, 0) is 18.1 Å². The number of hydrogen-bond donors (Lipinski definition) is 1. The Morgan fingerprint density at radius 3 is 3.00 bits per heavy atom. The van der Waals surface area contributed by atoms with Crippen LogP contribution in [0.3, 0.4) is 0 Å². The van der Waals surface area contributed by atoms with Crippen LogP contribution in [0.4, 0.5) is 0 Å². The van der Waals surface area contributed by atoms with Gasteiger partial charge < -0.3 is 10.5 Å². The first-order chi connectivity index (χ1) is 5.77. The summed E-state index contributed by atoms with van der Waals surface area (Å²) in [5, 5.41) is 0.222. The molecule has 1 rings (SSSR count). The molecule has 0 radical (unpaired) electrons. The molecule has 0 aliphatic rings. The van der Waals surface area contributed by atoms with Gasteiger partial charge in [0, 0.05) is 6.42 Å². The molecular formula is C7H10ClN3O. The lowest BCUT2D eigenvalue weighted by molar-refractivity contribution is 0.404. The number of methoxy groups -OCH3 is 1. The molecule has 0 spiro atoms. The molecule has 1 heterocycles. The normalized spacial score (nSPS) is 9.92. The van der Waals surface area contributed by atoms with E-state index in [1.165, 1.54) is 0 Å². The zero-order valence-electron chi connectivity index (χ0n) is 6.75. The molecule has 0 saturated heterocycles. The van der Waals surface area contributed by atoms with Gasteiger partial charge in [-0.3, -0.25) is 0 Å². The van der Waals surface area contributed by atoms with Crippen molar-refractivity contribution in [2.24, 2.45) is 5.73 Å². The van der Waals surface area contributed by atoms with Crippen LogP contribution in [-0.2, 0) is 6.42 Å². The van der Waals surface area contributed by atoms with Gasteiger partial charge in [0.25, 0.3) is 0 Å². The second-order valence-electron chi connectivity index (χ2n) is 2.19. The second kappa shape index (κ2) is 4.23. The topological polar surface area (TPSA) is 61.0 Å². The first kappa shape index (κ1) is 9.22. The highest BCUT2D eigenvalue weighted by Crippen LogP contribution is 2.16. The maximum absolute atomic E-state index is 5.59. The van der Waals surface area contributed by atoms with E-state index in [2.05, 4.69) is 9.97 Å². The third-order valence-corrected chi connectivity index (χ3v) is 1.58. The van der Waals surface area contributed by atoms with Gasteiger partial charge in [0.1, 0.15) is 0 Å². The van der Waals surface area contributed by atoms with Gasteiger partial charge in [0.05, 0.1) is 19.0 Å². The van der Waals surface area contributed by atoms with Gasteiger partial charge in [-0.25, -0.2) is 9.97 Å². The summed E-state index contributed by atoms with van der Waals surface area (Å²) in [7, 11) is 1.56. The van der Waals surface area contributed by atoms with Crippen molar-refractivity contribution in [3.8, 4) is 5.75 Å². The predicted octanol–water partition coefficient (Wildman–Crippen LogP) is 0.640. The van der Waals surface area contributed by atoms with Crippen LogP contribution in [0.15, 0.2) is 6.20 Å². The van der Waals surface area contributed by atoms with E-state index >= 15 is 0 Å². The lowest BCUT2D eigenvalue weighted by Gasteiger charge is -2.04. The Bertz CT molecular complexity index is 267. The molecular weight excluding hydrogens is 178 g/mol. The van der Waals surface area contributed by atoms with Crippen LogP contribution in [-0.4, -0.2) is 23.6 Å². The minimum absolute atomic E-state index is 0.222. The Hall–Kier alpha value is -0.870. The fourth-order valence-corrected chi connectivity index (χ4v) is 1.02. The zero-order valence-corrected chi connectivity index (χ0v) is 7.51. The molecule has 0 atom stereocenters. The van der Waals surface area contributed by atoms with Crippen molar-refractivity contribution >= 4 is 11.6 Å². The smallest absolute Gasteiger partial charge is 0.222 e. The summed E-state index contributed by atoms with van der Waals surface area (Å²) in [5.41, 5.74) is 6.13. The summed E-state index contributed by atoms with van der Waals surface area (Å²) in [6, 6.07) is 0. The number of nitrogens with two attached hydrogens (primary N) is 1. The number of rotatable bonds is 3. The van der Waals surface area contributed by atoms with Crippen LogP contribution in [0.1, 0.15) is 5.69 Å². The molecule has 0 amide bonds. The van der Waals surface area contributed by atoms with E-state index in [0.29, 0.717) is 18.7 Å². The SMILES string of the molecule is COc1cnc(Cl)nc1CCN. The lowest BCUT2D eigenvalue weighted by atomic mass is 10.3. The number of halogens is 1. The summed E-state index contributed by atoms with van der Waals surface area (Å²) >= 11 is 5.59. The molecule has 0 aliphatic carbocycles. The standard InChI is InChI=1S/C7H10ClN3O/c1-12-6-4-10-7(8)11-5(6)2-3-9/h4H,2-3,9H2,1H3. The maximum atomic E-state index is 5.59. The largest absolute Gasteiger partial charge is 0.493 e. The van der Waals surface area contributed by atoms with E-state index < -0.39 is 0 Å². The van der Waals surface area contributed by atoms with Crippen LogP contribution in [0, 0.1) is 0 Å². The highest BCUT2D eigenvalue weighted by atomic mass is 35.5. The fourth-order valence-electron chi connectivity index (χ4n) is 0.868. The van der Waals surface area contributed by atoms with Gasteiger partial charge in [0.2, 0.25) is 5.28 Å². The van der Waals surface area contributed by atoms with Gasteiger partial charge in [-0.2, -0.15) is 0 Å². The lowest BCUT2D eigenvalue weighted by Crippen LogP contribution is -2.06. The van der Waals surface area contributed by atoms with Crippen molar-refractivity contribution in [2.75, 3.05) is 13.7 Å². The minimum Gasteiger partial charge on any atom is -0.493 e. The van der Waals surface area contributed by atoms with Gasteiger partial charge in [-0.15, -0.1) is 0 Å². The van der Waals surface area contributed by atoms with Crippen molar-refractivity contribution in [3.05, 3.63) is 17.2 Å². The first-order valence-electron chi connectivity index (χ1n) is 3.53. The number of hydrogen-bond acceptors (Lipinski definition) is 4. The molecule has 1 aromatic heterocycles. The molecule has 0 aromatic carbocycles. The van der Waals surface area contributed by atoms with Gasteiger partial charge >= 0.3 is 0 Å². The van der Waals surface area contributed by atoms with Gasteiger partial charge in [-0.1, -0.05) is 0 Å². The average molecular weight is 188 g/mol. The molecule has 4 nitrogen and oxygen atoms in total. The molecule has 0 fully saturated rings. The Balaban J connectivity index is 2.95. The molecule has 0 bridgehead atoms. The molecule has 0 saturated carbocycles. The summed E-state index contributed by atoms with van der Waals surface area (Å²) in [5.74, 6) is 0.629. The molecule has 0 aliphatic heterocycles. The van der Waals surface area contributed by atoms with Gasteiger partial charge in [0.15, 0.2) is 5.75 Å². The molecule has 2 N–H and O–H groups in total. The maximum Gasteiger partial charge on any atom is 0.222 e. The zero-order chi connectivity index (χ0) is 8.97.